The molecule has 0 saturated carbocycles. The minimum Gasteiger partial charge on any atom is -0.349 e. The van der Waals surface area contributed by atoms with Crippen LogP contribution in [-0.4, -0.2) is 49.8 Å². The first-order valence-corrected chi connectivity index (χ1v) is 6.47. The fourth-order valence-electron chi connectivity index (χ4n) is 0.913. The Bertz CT molecular complexity index is 184. The molecule has 0 saturated heterocycles. The van der Waals surface area contributed by atoms with E-state index in [1.54, 1.807) is 0 Å². The predicted molar refractivity (Wildman–Crippen MR) is 70.1 cm³/mol. The van der Waals surface area contributed by atoms with Gasteiger partial charge in [-0.25, -0.2) is 9.78 Å². The van der Waals surface area contributed by atoms with Gasteiger partial charge < -0.3 is 10.6 Å². The lowest BCUT2D eigenvalue weighted by Crippen LogP contribution is -2.44. The van der Waals surface area contributed by atoms with Gasteiger partial charge in [0.2, 0.25) is 5.91 Å². The highest BCUT2D eigenvalue weighted by atomic mass is 32.1. The summed E-state index contributed by atoms with van der Waals surface area (Å²) in [5.41, 5.74) is 0. The number of carbonyl (C=O) groups excluding carboxylic acids is 1. The van der Waals surface area contributed by atoms with Crippen molar-refractivity contribution in [2.24, 2.45) is 0 Å². The molecular formula is C9H20N2O3S2. The zero-order valence-electron chi connectivity index (χ0n) is 9.44. The van der Waals surface area contributed by atoms with E-state index in [1.165, 1.54) is 0 Å². The minimum atomic E-state index is -0.139. The van der Waals surface area contributed by atoms with Crippen LogP contribution in [0.1, 0.15) is 6.92 Å². The topological polar surface area (TPSA) is 59.6 Å². The van der Waals surface area contributed by atoms with Gasteiger partial charge in [-0.3, -0.25) is 4.79 Å². The van der Waals surface area contributed by atoms with E-state index in [4.69, 9.17) is 9.78 Å². The van der Waals surface area contributed by atoms with Gasteiger partial charge >= 0.3 is 0 Å². The summed E-state index contributed by atoms with van der Waals surface area (Å²) >= 11 is 8.14. The van der Waals surface area contributed by atoms with Crippen LogP contribution in [0.4, 0.5) is 0 Å². The molecule has 0 aliphatic heterocycles. The molecule has 96 valence electrons. The number of amides is 1. The van der Waals surface area contributed by atoms with Crippen LogP contribution in [0.25, 0.3) is 0 Å². The van der Waals surface area contributed by atoms with Gasteiger partial charge in [-0.15, -0.1) is 0 Å². The number of rotatable bonds is 10. The molecule has 5 nitrogen and oxygen atoms in total. The Morgan fingerprint density at radius 3 is 2.69 bits per heavy atom. The van der Waals surface area contributed by atoms with Gasteiger partial charge in [-0.2, -0.15) is 25.3 Å². The third kappa shape index (κ3) is 9.29. The number of carbonyl (C=O) groups is 1. The van der Waals surface area contributed by atoms with Crippen molar-refractivity contribution in [3.8, 4) is 0 Å². The Hall–Kier alpha value is 0.0500. The summed E-state index contributed by atoms with van der Waals surface area (Å²) in [6.45, 7) is 3.60. The lowest BCUT2D eigenvalue weighted by Gasteiger charge is -2.15. The van der Waals surface area contributed by atoms with Crippen molar-refractivity contribution < 1.29 is 14.6 Å². The molecule has 0 aromatic carbocycles. The van der Waals surface area contributed by atoms with Crippen molar-refractivity contribution in [1.29, 1.82) is 0 Å². The molecule has 2 N–H and O–H groups in total. The largest absolute Gasteiger partial charge is 0.349 e. The monoisotopic (exact) mass is 268 g/mol. The molecule has 0 bridgehead atoms. The molecule has 0 heterocycles. The molecular weight excluding hydrogens is 248 g/mol. The highest BCUT2D eigenvalue weighted by Gasteiger charge is 2.10. The van der Waals surface area contributed by atoms with E-state index < -0.39 is 0 Å². The maximum absolute atomic E-state index is 11.4. The third-order valence-corrected chi connectivity index (χ3v) is 2.29. The molecule has 0 spiro atoms. The summed E-state index contributed by atoms with van der Waals surface area (Å²) < 4.78 is 0. The van der Waals surface area contributed by atoms with E-state index in [9.17, 15) is 4.79 Å². The lowest BCUT2D eigenvalue weighted by atomic mass is 10.3. The standard InChI is InChI=1S/C9H20N2O3S2/c1-2-13-14-6-8(7-16)11-9(12)5-10-3-4-15/h8,10,15-16H,2-7H2,1H3,(H,11,12). The second-order valence-corrected chi connectivity index (χ2v) is 3.85. The predicted octanol–water partition coefficient (Wildman–Crippen LogP) is -0.112. The van der Waals surface area contributed by atoms with Crippen LogP contribution in [0, 0.1) is 0 Å². The molecule has 0 rings (SSSR count). The molecule has 0 aromatic rings. The second-order valence-electron chi connectivity index (χ2n) is 3.04. The smallest absolute Gasteiger partial charge is 0.234 e. The molecule has 1 amide bonds. The molecule has 0 aliphatic carbocycles. The van der Waals surface area contributed by atoms with E-state index in [1.807, 2.05) is 6.92 Å². The Morgan fingerprint density at radius 1 is 1.38 bits per heavy atom. The van der Waals surface area contributed by atoms with Crippen LogP contribution in [0.3, 0.4) is 0 Å². The van der Waals surface area contributed by atoms with Crippen molar-refractivity contribution in [2.75, 3.05) is 37.8 Å². The molecule has 7 heteroatoms. The van der Waals surface area contributed by atoms with Crippen LogP contribution in [0.15, 0.2) is 0 Å². The van der Waals surface area contributed by atoms with Crippen molar-refractivity contribution in [3.05, 3.63) is 0 Å². The van der Waals surface area contributed by atoms with Crippen LogP contribution in [0.5, 0.6) is 0 Å². The van der Waals surface area contributed by atoms with Crippen LogP contribution >= 0.6 is 25.3 Å². The minimum absolute atomic E-state index is 0.0825. The van der Waals surface area contributed by atoms with Crippen molar-refractivity contribution in [3.63, 3.8) is 0 Å². The number of hydrogen-bond donors (Lipinski definition) is 4. The SMILES string of the molecule is CCOOCC(CS)NC(=O)CNCCS. The molecule has 1 atom stereocenters. The van der Waals surface area contributed by atoms with Gasteiger partial charge in [0.15, 0.2) is 0 Å². The van der Waals surface area contributed by atoms with E-state index in [2.05, 4.69) is 35.9 Å². The fraction of sp³-hybridized carbons (Fsp3) is 0.889. The maximum Gasteiger partial charge on any atom is 0.234 e. The van der Waals surface area contributed by atoms with Crippen LogP contribution in [0.2, 0.25) is 0 Å². The van der Waals surface area contributed by atoms with E-state index in [0.29, 0.717) is 31.3 Å². The molecule has 0 fully saturated rings. The fourth-order valence-corrected chi connectivity index (χ4v) is 1.27. The average Bonchev–Trinajstić information content (AvgIpc) is 2.28. The third-order valence-electron chi connectivity index (χ3n) is 1.63. The summed E-state index contributed by atoms with van der Waals surface area (Å²) in [5, 5.41) is 5.72. The van der Waals surface area contributed by atoms with Crippen molar-refractivity contribution in [1.82, 2.24) is 10.6 Å². The first kappa shape index (κ1) is 16.1. The average molecular weight is 268 g/mol. The van der Waals surface area contributed by atoms with Crippen molar-refractivity contribution in [2.45, 2.75) is 13.0 Å². The summed E-state index contributed by atoms with van der Waals surface area (Å²) in [6.07, 6.45) is 0. The highest BCUT2D eigenvalue weighted by Crippen LogP contribution is 1.91. The van der Waals surface area contributed by atoms with Crippen molar-refractivity contribution >= 4 is 31.2 Å². The van der Waals surface area contributed by atoms with Crippen LogP contribution in [-0.2, 0) is 14.6 Å². The Balaban J connectivity index is 3.61. The van der Waals surface area contributed by atoms with Gasteiger partial charge in [0, 0.05) is 18.1 Å². The summed E-state index contributed by atoms with van der Waals surface area (Å²) in [5.74, 6) is 1.13. The van der Waals surface area contributed by atoms with Gasteiger partial charge in [-0.05, 0) is 6.92 Å². The highest BCUT2D eigenvalue weighted by molar-refractivity contribution is 7.80. The van der Waals surface area contributed by atoms with Gasteiger partial charge in [0.25, 0.3) is 0 Å². The Kier molecular flexibility index (Phi) is 11.6. The molecule has 0 aliphatic rings. The Morgan fingerprint density at radius 2 is 2.12 bits per heavy atom. The maximum atomic E-state index is 11.4. The lowest BCUT2D eigenvalue weighted by molar-refractivity contribution is -0.293. The van der Waals surface area contributed by atoms with E-state index in [0.717, 1.165) is 0 Å². The molecule has 0 radical (unpaired) electrons. The molecule has 0 aromatic heterocycles. The van der Waals surface area contributed by atoms with Gasteiger partial charge in [-0.1, -0.05) is 0 Å². The van der Waals surface area contributed by atoms with Crippen LogP contribution < -0.4 is 10.6 Å². The molecule has 1 unspecified atom stereocenters. The summed E-state index contributed by atoms with van der Waals surface area (Å²) in [4.78, 5) is 21.0. The van der Waals surface area contributed by atoms with E-state index >= 15 is 0 Å². The van der Waals surface area contributed by atoms with E-state index in [-0.39, 0.29) is 18.5 Å². The Labute approximate surface area is 107 Å². The number of thiol groups is 2. The van der Waals surface area contributed by atoms with Gasteiger partial charge in [0.05, 0.1) is 19.2 Å². The zero-order chi connectivity index (χ0) is 12.2. The normalized spacial score (nSPS) is 12.4. The van der Waals surface area contributed by atoms with Gasteiger partial charge in [0.1, 0.15) is 6.61 Å². The molecule has 16 heavy (non-hydrogen) atoms. The second kappa shape index (κ2) is 11.5. The number of hydrogen-bond acceptors (Lipinski definition) is 6. The first-order chi connectivity index (χ1) is 7.74. The summed E-state index contributed by atoms with van der Waals surface area (Å²) in [6, 6.07) is -0.139. The quantitative estimate of drug-likeness (QED) is 0.193. The number of nitrogens with one attached hydrogen (secondary N) is 2. The first-order valence-electron chi connectivity index (χ1n) is 5.20. The summed E-state index contributed by atoms with van der Waals surface area (Å²) in [7, 11) is 0. The zero-order valence-corrected chi connectivity index (χ0v) is 11.2.